The van der Waals surface area contributed by atoms with Gasteiger partial charge in [-0.3, -0.25) is 0 Å². The molecule has 11 nitrogen and oxygen atoms in total. The summed E-state index contributed by atoms with van der Waals surface area (Å²) >= 11 is 0. The zero-order valence-electron chi connectivity index (χ0n) is 15.2. The molecule has 0 fully saturated rings. The molecule has 0 aliphatic heterocycles. The van der Waals surface area contributed by atoms with Gasteiger partial charge >= 0.3 is 6.03 Å². The first-order valence-corrected chi connectivity index (χ1v) is 8.31. The van der Waals surface area contributed by atoms with E-state index in [0.717, 1.165) is 5.69 Å². The molecule has 0 aliphatic rings. The van der Waals surface area contributed by atoms with Gasteiger partial charge in [0.15, 0.2) is 11.6 Å². The number of tetrazole rings is 1. The smallest absolute Gasteiger partial charge is 0.319 e. The first-order chi connectivity index (χ1) is 13.1. The minimum Gasteiger partial charge on any atom is -0.384 e. The van der Waals surface area contributed by atoms with Crippen molar-refractivity contribution in [1.29, 1.82) is 0 Å². The molecule has 0 unspecified atom stereocenters. The summed E-state index contributed by atoms with van der Waals surface area (Å²) in [6, 6.07) is 6.32. The maximum absolute atomic E-state index is 12.2. The second kappa shape index (κ2) is 8.36. The molecule has 2 heterocycles. The van der Waals surface area contributed by atoms with Crippen molar-refractivity contribution in [3.63, 3.8) is 0 Å². The molecule has 1 aromatic carbocycles. The molecule has 3 rings (SSSR count). The van der Waals surface area contributed by atoms with E-state index in [1.807, 2.05) is 12.1 Å². The lowest BCUT2D eigenvalue weighted by atomic mass is 10.3. The van der Waals surface area contributed by atoms with Crippen LogP contribution in [0.15, 0.2) is 28.8 Å². The number of hydrogen-bond acceptors (Lipinski definition) is 8. The van der Waals surface area contributed by atoms with Crippen molar-refractivity contribution in [3.05, 3.63) is 41.8 Å². The predicted octanol–water partition coefficient (Wildman–Crippen LogP) is 1.43. The highest BCUT2D eigenvalue weighted by Gasteiger charge is 2.16. The standard InChI is InChI=1S/C16H20N8O3/c1-10(15-19-14(21-27-15)8-9-26-3)17-16(25)18-12-4-6-13(7-5-12)24-11(2)20-22-23-24/h4-7,10H,8-9H2,1-3H3,(H2,17,18,25)/t10-/m1/s1. The fourth-order valence-corrected chi connectivity index (χ4v) is 2.32. The Balaban J connectivity index is 1.55. The van der Waals surface area contributed by atoms with Crippen LogP contribution in [-0.2, 0) is 11.2 Å². The van der Waals surface area contributed by atoms with Gasteiger partial charge in [0.05, 0.1) is 12.3 Å². The molecule has 1 atom stereocenters. The van der Waals surface area contributed by atoms with Gasteiger partial charge in [-0.25, -0.2) is 4.79 Å². The van der Waals surface area contributed by atoms with E-state index < -0.39 is 6.04 Å². The van der Waals surface area contributed by atoms with E-state index >= 15 is 0 Å². The highest BCUT2D eigenvalue weighted by Crippen LogP contribution is 2.14. The summed E-state index contributed by atoms with van der Waals surface area (Å²) in [6.45, 7) is 4.07. The van der Waals surface area contributed by atoms with Crippen molar-refractivity contribution in [2.75, 3.05) is 19.0 Å². The minimum atomic E-state index is -0.433. The van der Waals surface area contributed by atoms with E-state index in [-0.39, 0.29) is 6.03 Å². The fraction of sp³-hybridized carbons (Fsp3) is 0.375. The van der Waals surface area contributed by atoms with Crippen molar-refractivity contribution in [3.8, 4) is 5.69 Å². The van der Waals surface area contributed by atoms with Crippen LogP contribution in [0.5, 0.6) is 0 Å². The summed E-state index contributed by atoms with van der Waals surface area (Å²) in [6.07, 6.45) is 0.548. The Morgan fingerprint density at radius 1 is 1.33 bits per heavy atom. The molecule has 0 saturated carbocycles. The van der Waals surface area contributed by atoms with Gasteiger partial charge in [-0.15, -0.1) is 5.10 Å². The number of nitrogens with zero attached hydrogens (tertiary/aromatic N) is 6. The Labute approximate surface area is 155 Å². The van der Waals surface area contributed by atoms with Crippen LogP contribution in [0, 0.1) is 6.92 Å². The molecule has 11 heteroatoms. The molecule has 142 valence electrons. The van der Waals surface area contributed by atoms with Crippen LogP contribution in [0.25, 0.3) is 5.69 Å². The van der Waals surface area contributed by atoms with E-state index in [9.17, 15) is 4.79 Å². The van der Waals surface area contributed by atoms with Crippen LogP contribution >= 0.6 is 0 Å². The highest BCUT2D eigenvalue weighted by molar-refractivity contribution is 5.89. The number of nitrogens with one attached hydrogen (secondary N) is 2. The van der Waals surface area contributed by atoms with E-state index in [1.165, 1.54) is 0 Å². The van der Waals surface area contributed by atoms with Gasteiger partial charge in [0.1, 0.15) is 6.04 Å². The number of anilines is 1. The number of amides is 2. The van der Waals surface area contributed by atoms with Crippen LogP contribution in [0.4, 0.5) is 10.5 Å². The van der Waals surface area contributed by atoms with Gasteiger partial charge in [0.2, 0.25) is 5.89 Å². The summed E-state index contributed by atoms with van der Waals surface area (Å²) in [5.74, 6) is 1.54. The van der Waals surface area contributed by atoms with Crippen LogP contribution < -0.4 is 10.6 Å². The van der Waals surface area contributed by atoms with Gasteiger partial charge in [0.25, 0.3) is 0 Å². The fourth-order valence-electron chi connectivity index (χ4n) is 2.32. The number of rotatable bonds is 7. The second-order valence-corrected chi connectivity index (χ2v) is 5.80. The zero-order chi connectivity index (χ0) is 19.2. The number of urea groups is 1. The Morgan fingerprint density at radius 3 is 2.78 bits per heavy atom. The van der Waals surface area contributed by atoms with E-state index in [4.69, 9.17) is 9.26 Å². The normalized spacial score (nSPS) is 12.0. The van der Waals surface area contributed by atoms with Gasteiger partial charge in [0, 0.05) is 19.2 Å². The van der Waals surface area contributed by atoms with E-state index in [1.54, 1.807) is 37.8 Å². The third kappa shape index (κ3) is 4.64. The lowest BCUT2D eigenvalue weighted by Crippen LogP contribution is -2.31. The van der Waals surface area contributed by atoms with Crippen LogP contribution in [-0.4, -0.2) is 50.1 Å². The number of carbonyl (C=O) groups excluding carboxylic acids is 1. The van der Waals surface area contributed by atoms with Gasteiger partial charge in [-0.1, -0.05) is 5.16 Å². The molecule has 0 radical (unpaired) electrons. The Morgan fingerprint density at radius 2 is 2.11 bits per heavy atom. The summed E-state index contributed by atoms with van der Waals surface area (Å²) in [5.41, 5.74) is 1.42. The summed E-state index contributed by atoms with van der Waals surface area (Å²) in [4.78, 5) is 16.4. The third-order valence-electron chi connectivity index (χ3n) is 3.73. The maximum atomic E-state index is 12.2. The van der Waals surface area contributed by atoms with E-state index in [2.05, 4.69) is 36.3 Å². The van der Waals surface area contributed by atoms with Crippen molar-refractivity contribution >= 4 is 11.7 Å². The predicted molar refractivity (Wildman–Crippen MR) is 94.3 cm³/mol. The molecule has 3 aromatic rings. The number of methoxy groups -OCH3 is 1. The lowest BCUT2D eigenvalue weighted by Gasteiger charge is -2.11. The second-order valence-electron chi connectivity index (χ2n) is 5.80. The van der Waals surface area contributed by atoms with E-state index in [0.29, 0.717) is 36.3 Å². The number of ether oxygens (including phenoxy) is 1. The first-order valence-electron chi connectivity index (χ1n) is 8.31. The molecule has 0 bridgehead atoms. The van der Waals surface area contributed by atoms with Gasteiger partial charge in [-0.05, 0) is 48.5 Å². The average Bonchev–Trinajstić information content (AvgIpc) is 3.29. The Kier molecular flexibility index (Phi) is 5.71. The summed E-state index contributed by atoms with van der Waals surface area (Å²) < 4.78 is 11.7. The number of aromatic nitrogens is 6. The third-order valence-corrected chi connectivity index (χ3v) is 3.73. The molecule has 2 aromatic heterocycles. The van der Waals surface area contributed by atoms with Crippen molar-refractivity contribution < 1.29 is 14.1 Å². The van der Waals surface area contributed by atoms with Crippen molar-refractivity contribution in [2.45, 2.75) is 26.3 Å². The molecule has 2 amide bonds. The number of carbonyl (C=O) groups is 1. The number of benzene rings is 1. The van der Waals surface area contributed by atoms with Crippen LogP contribution in [0.1, 0.15) is 30.5 Å². The largest absolute Gasteiger partial charge is 0.384 e. The topological polar surface area (TPSA) is 133 Å². The molecule has 0 aliphatic carbocycles. The molecular formula is C16H20N8O3. The highest BCUT2D eigenvalue weighted by atomic mass is 16.5. The Hall–Kier alpha value is -3.34. The number of hydrogen-bond donors (Lipinski definition) is 2. The zero-order valence-corrected chi connectivity index (χ0v) is 15.2. The molecule has 27 heavy (non-hydrogen) atoms. The quantitative estimate of drug-likeness (QED) is 0.636. The average molecular weight is 372 g/mol. The molecule has 2 N–H and O–H groups in total. The minimum absolute atomic E-state index is 0.334. The van der Waals surface area contributed by atoms with Crippen molar-refractivity contribution in [2.24, 2.45) is 0 Å². The summed E-state index contributed by atoms with van der Waals surface area (Å²) in [7, 11) is 1.60. The first kappa shape index (κ1) is 18.5. The molecular weight excluding hydrogens is 352 g/mol. The molecule has 0 saturated heterocycles. The summed E-state index contributed by atoms with van der Waals surface area (Å²) in [5, 5.41) is 20.7. The molecule has 0 spiro atoms. The SMILES string of the molecule is COCCc1noc([C@@H](C)NC(=O)Nc2ccc(-n3nnnc3C)cc2)n1. The maximum Gasteiger partial charge on any atom is 0.319 e. The van der Waals surface area contributed by atoms with Crippen LogP contribution in [0.3, 0.4) is 0 Å². The van der Waals surface area contributed by atoms with Crippen molar-refractivity contribution in [1.82, 2.24) is 35.7 Å². The van der Waals surface area contributed by atoms with Gasteiger partial charge in [-0.2, -0.15) is 9.67 Å². The lowest BCUT2D eigenvalue weighted by molar-refractivity contribution is 0.199. The monoisotopic (exact) mass is 372 g/mol. The van der Waals surface area contributed by atoms with Crippen LogP contribution in [0.2, 0.25) is 0 Å². The van der Waals surface area contributed by atoms with Gasteiger partial charge < -0.3 is 19.9 Å². The Bertz CT molecular complexity index is 889. The number of aryl methyl sites for hydroxylation is 1.